The van der Waals surface area contributed by atoms with Gasteiger partial charge in [-0.1, -0.05) is 40.2 Å². The van der Waals surface area contributed by atoms with Gasteiger partial charge in [0.05, 0.1) is 23.6 Å². The zero-order chi connectivity index (χ0) is 18.3. The molecule has 0 radical (unpaired) electrons. The van der Waals surface area contributed by atoms with Gasteiger partial charge in [-0.3, -0.25) is 9.97 Å². The molecule has 0 aliphatic heterocycles. The first-order valence-electron chi connectivity index (χ1n) is 8.90. The van der Waals surface area contributed by atoms with E-state index in [4.69, 9.17) is 4.74 Å². The Bertz CT molecular complexity index is 678. The molecule has 2 aromatic heterocycles. The Morgan fingerprint density at radius 2 is 1.84 bits per heavy atom. The summed E-state index contributed by atoms with van der Waals surface area (Å²) in [7, 11) is 0. The molecule has 0 aliphatic rings. The van der Waals surface area contributed by atoms with Crippen molar-refractivity contribution >= 4 is 5.97 Å². The van der Waals surface area contributed by atoms with E-state index in [0.29, 0.717) is 29.2 Å². The number of aromatic nitrogens is 2. The Morgan fingerprint density at radius 1 is 1.08 bits per heavy atom. The van der Waals surface area contributed by atoms with Crippen LogP contribution in [-0.2, 0) is 4.74 Å². The highest BCUT2D eigenvalue weighted by Crippen LogP contribution is 2.24. The molecule has 1 unspecified atom stereocenters. The molecule has 2 heterocycles. The molecule has 4 heteroatoms. The lowest BCUT2D eigenvalue weighted by Crippen LogP contribution is -2.11. The smallest absolute Gasteiger partial charge is 0.338 e. The Kier molecular flexibility index (Phi) is 6.68. The van der Waals surface area contributed by atoms with Crippen molar-refractivity contribution in [2.24, 2.45) is 11.3 Å². The second-order valence-electron chi connectivity index (χ2n) is 7.77. The van der Waals surface area contributed by atoms with Gasteiger partial charge >= 0.3 is 5.97 Å². The minimum absolute atomic E-state index is 0.303. The molecule has 0 bridgehead atoms. The van der Waals surface area contributed by atoms with Gasteiger partial charge in [0.1, 0.15) is 0 Å². The highest BCUT2D eigenvalue weighted by molar-refractivity contribution is 5.90. The van der Waals surface area contributed by atoms with Gasteiger partial charge in [0.15, 0.2) is 0 Å². The van der Waals surface area contributed by atoms with Crippen molar-refractivity contribution in [3.05, 3.63) is 48.3 Å². The molecule has 0 aliphatic carbocycles. The van der Waals surface area contributed by atoms with Gasteiger partial charge in [0, 0.05) is 12.4 Å². The highest BCUT2D eigenvalue weighted by Gasteiger charge is 2.14. The zero-order valence-electron chi connectivity index (χ0n) is 15.7. The first kappa shape index (κ1) is 19.1. The predicted molar refractivity (Wildman–Crippen MR) is 100 cm³/mol. The first-order chi connectivity index (χ1) is 11.8. The summed E-state index contributed by atoms with van der Waals surface area (Å²) in [5.74, 6) is 0.246. The molecular weight excluding hydrogens is 312 g/mol. The lowest BCUT2D eigenvalue weighted by molar-refractivity contribution is 0.0482. The number of pyridine rings is 2. The molecule has 134 valence electrons. The normalized spacial score (nSPS) is 12.6. The maximum Gasteiger partial charge on any atom is 0.338 e. The quantitative estimate of drug-likeness (QED) is 0.654. The van der Waals surface area contributed by atoms with Crippen LogP contribution >= 0.6 is 0 Å². The largest absolute Gasteiger partial charge is 0.462 e. The van der Waals surface area contributed by atoms with E-state index in [2.05, 4.69) is 37.7 Å². The van der Waals surface area contributed by atoms with Crippen LogP contribution in [0.1, 0.15) is 57.3 Å². The van der Waals surface area contributed by atoms with E-state index in [1.807, 2.05) is 18.2 Å². The monoisotopic (exact) mass is 340 g/mol. The molecule has 0 amide bonds. The van der Waals surface area contributed by atoms with Crippen molar-refractivity contribution in [2.75, 3.05) is 6.61 Å². The van der Waals surface area contributed by atoms with Crippen molar-refractivity contribution in [1.29, 1.82) is 0 Å². The maximum atomic E-state index is 12.3. The molecule has 0 aromatic carbocycles. The summed E-state index contributed by atoms with van der Waals surface area (Å²) in [5.41, 5.74) is 2.28. The van der Waals surface area contributed by atoms with Crippen molar-refractivity contribution in [3.63, 3.8) is 0 Å². The molecule has 4 nitrogen and oxygen atoms in total. The van der Waals surface area contributed by atoms with Crippen LogP contribution < -0.4 is 0 Å². The van der Waals surface area contributed by atoms with E-state index >= 15 is 0 Å². The number of hydrogen-bond acceptors (Lipinski definition) is 4. The summed E-state index contributed by atoms with van der Waals surface area (Å²) in [6.07, 6.45) is 6.55. The van der Waals surface area contributed by atoms with Crippen LogP contribution in [-0.4, -0.2) is 22.5 Å². The molecule has 0 saturated heterocycles. The summed E-state index contributed by atoms with van der Waals surface area (Å²) < 4.78 is 5.43. The lowest BCUT2D eigenvalue weighted by Gasteiger charge is -2.20. The minimum Gasteiger partial charge on any atom is -0.462 e. The summed E-state index contributed by atoms with van der Waals surface area (Å²) in [5, 5.41) is 0. The second kappa shape index (κ2) is 8.75. The number of hydrogen-bond donors (Lipinski definition) is 0. The third-order valence-corrected chi connectivity index (χ3v) is 4.15. The molecule has 0 saturated carbocycles. The van der Waals surface area contributed by atoms with E-state index < -0.39 is 0 Å². The van der Waals surface area contributed by atoms with Crippen molar-refractivity contribution < 1.29 is 9.53 Å². The topological polar surface area (TPSA) is 52.1 Å². The summed E-state index contributed by atoms with van der Waals surface area (Å²) >= 11 is 0. The van der Waals surface area contributed by atoms with Crippen LogP contribution in [0.3, 0.4) is 0 Å². The van der Waals surface area contributed by atoms with E-state index in [9.17, 15) is 4.79 Å². The molecule has 0 fully saturated rings. The highest BCUT2D eigenvalue weighted by atomic mass is 16.5. The van der Waals surface area contributed by atoms with Gasteiger partial charge in [0.25, 0.3) is 0 Å². The number of ether oxygens (including phenoxy) is 1. The third kappa shape index (κ3) is 6.65. The van der Waals surface area contributed by atoms with E-state index in [1.165, 1.54) is 6.42 Å². The van der Waals surface area contributed by atoms with Gasteiger partial charge < -0.3 is 4.74 Å². The van der Waals surface area contributed by atoms with Crippen molar-refractivity contribution in [1.82, 2.24) is 9.97 Å². The van der Waals surface area contributed by atoms with Crippen LogP contribution in [0.2, 0.25) is 0 Å². The molecule has 25 heavy (non-hydrogen) atoms. The van der Waals surface area contributed by atoms with E-state index in [-0.39, 0.29) is 5.97 Å². The van der Waals surface area contributed by atoms with Crippen LogP contribution in [0.4, 0.5) is 0 Å². The van der Waals surface area contributed by atoms with Crippen molar-refractivity contribution in [2.45, 2.75) is 47.0 Å². The maximum absolute atomic E-state index is 12.3. The number of carbonyl (C=O) groups is 1. The van der Waals surface area contributed by atoms with Gasteiger partial charge in [-0.15, -0.1) is 0 Å². The zero-order valence-corrected chi connectivity index (χ0v) is 15.7. The average molecular weight is 340 g/mol. The Labute approximate surface area is 150 Å². The fourth-order valence-corrected chi connectivity index (χ4v) is 2.47. The van der Waals surface area contributed by atoms with Crippen LogP contribution in [0.25, 0.3) is 11.4 Å². The molecule has 2 aromatic rings. The number of carbonyl (C=O) groups excluding carboxylic acids is 1. The molecule has 0 N–H and O–H groups in total. The Balaban J connectivity index is 1.85. The number of rotatable bonds is 7. The standard InChI is InChI=1S/C21H28N2O2/c1-16(8-11-21(2,3)4)10-14-25-20(24)17-9-13-23-19(15-17)18-7-5-6-12-22-18/h5-7,9,12-13,15-16H,8,10-11,14H2,1-4H3. The van der Waals surface area contributed by atoms with E-state index in [0.717, 1.165) is 18.5 Å². The SMILES string of the molecule is CC(CCOC(=O)c1ccnc(-c2ccccn2)c1)CCC(C)(C)C. The van der Waals surface area contributed by atoms with Gasteiger partial charge in [-0.2, -0.15) is 0 Å². The van der Waals surface area contributed by atoms with Gasteiger partial charge in [0.2, 0.25) is 0 Å². The fourth-order valence-electron chi connectivity index (χ4n) is 2.47. The first-order valence-corrected chi connectivity index (χ1v) is 8.90. The molecule has 2 rings (SSSR count). The van der Waals surface area contributed by atoms with Gasteiger partial charge in [-0.25, -0.2) is 4.79 Å². The van der Waals surface area contributed by atoms with Crippen LogP contribution in [0, 0.1) is 11.3 Å². The minimum atomic E-state index is -0.303. The number of nitrogens with zero attached hydrogens (tertiary/aromatic N) is 2. The molecule has 0 spiro atoms. The molecular formula is C21H28N2O2. The van der Waals surface area contributed by atoms with E-state index in [1.54, 1.807) is 24.5 Å². The summed E-state index contributed by atoms with van der Waals surface area (Å²) in [6.45, 7) is 9.42. The molecule has 1 atom stereocenters. The summed E-state index contributed by atoms with van der Waals surface area (Å²) in [6, 6.07) is 9.02. The number of esters is 1. The van der Waals surface area contributed by atoms with Crippen LogP contribution in [0.15, 0.2) is 42.7 Å². The Hall–Kier alpha value is -2.23. The summed E-state index contributed by atoms with van der Waals surface area (Å²) in [4.78, 5) is 20.8. The predicted octanol–water partition coefficient (Wildman–Crippen LogP) is 5.15. The Morgan fingerprint density at radius 3 is 2.52 bits per heavy atom. The third-order valence-electron chi connectivity index (χ3n) is 4.15. The lowest BCUT2D eigenvalue weighted by atomic mass is 9.86. The van der Waals surface area contributed by atoms with Crippen LogP contribution in [0.5, 0.6) is 0 Å². The van der Waals surface area contributed by atoms with Crippen molar-refractivity contribution in [3.8, 4) is 11.4 Å². The fraction of sp³-hybridized carbons (Fsp3) is 0.476. The second-order valence-corrected chi connectivity index (χ2v) is 7.77. The average Bonchev–Trinajstić information content (AvgIpc) is 2.60. The van der Waals surface area contributed by atoms with Gasteiger partial charge in [-0.05, 0) is 48.4 Å².